The molecule has 1 N–H and O–H groups in total. The lowest BCUT2D eigenvalue weighted by atomic mass is 10.0. The Morgan fingerprint density at radius 1 is 1.16 bits per heavy atom. The standard InChI is InChI=1S/C16H20N2O/c1-3-16(13-7-9-15(19-2)10-8-13)18-12-14-6-4-5-11-17-14/h4-11,16,18H,3,12H2,1-2H3. The van der Waals surface area contributed by atoms with Crippen LogP contribution in [0.2, 0.25) is 0 Å². The smallest absolute Gasteiger partial charge is 0.118 e. The molecular weight excluding hydrogens is 236 g/mol. The first-order valence-electron chi connectivity index (χ1n) is 6.60. The first-order valence-corrected chi connectivity index (χ1v) is 6.60. The van der Waals surface area contributed by atoms with Gasteiger partial charge >= 0.3 is 0 Å². The number of nitrogens with one attached hydrogen (secondary N) is 1. The molecule has 0 aliphatic rings. The van der Waals surface area contributed by atoms with Crippen LogP contribution in [0.1, 0.15) is 30.6 Å². The first-order chi connectivity index (χ1) is 9.33. The van der Waals surface area contributed by atoms with Crippen LogP contribution in [0.5, 0.6) is 5.75 Å². The Bertz CT molecular complexity index is 482. The third-order valence-electron chi connectivity index (χ3n) is 3.18. The fourth-order valence-electron chi connectivity index (χ4n) is 2.06. The highest BCUT2D eigenvalue weighted by Crippen LogP contribution is 2.20. The summed E-state index contributed by atoms with van der Waals surface area (Å²) in [5.41, 5.74) is 2.34. The molecule has 1 aromatic heterocycles. The number of pyridine rings is 1. The summed E-state index contributed by atoms with van der Waals surface area (Å²) in [5, 5.41) is 3.54. The molecule has 2 aromatic rings. The van der Waals surface area contributed by atoms with Crippen LogP contribution in [0, 0.1) is 0 Å². The highest BCUT2D eigenvalue weighted by atomic mass is 16.5. The molecule has 3 nitrogen and oxygen atoms in total. The van der Waals surface area contributed by atoms with Gasteiger partial charge in [0.15, 0.2) is 0 Å². The van der Waals surface area contributed by atoms with Gasteiger partial charge in [-0.25, -0.2) is 0 Å². The molecule has 2 rings (SSSR count). The highest BCUT2D eigenvalue weighted by molar-refractivity contribution is 5.29. The minimum atomic E-state index is 0.341. The average Bonchev–Trinajstić information content (AvgIpc) is 2.49. The largest absolute Gasteiger partial charge is 0.497 e. The zero-order valence-electron chi connectivity index (χ0n) is 11.5. The maximum absolute atomic E-state index is 5.18. The molecule has 0 amide bonds. The molecule has 100 valence electrons. The van der Waals surface area contributed by atoms with E-state index in [4.69, 9.17) is 4.74 Å². The van der Waals surface area contributed by atoms with Crippen molar-refractivity contribution in [2.75, 3.05) is 7.11 Å². The van der Waals surface area contributed by atoms with Crippen LogP contribution < -0.4 is 10.1 Å². The number of ether oxygens (including phenoxy) is 1. The summed E-state index contributed by atoms with van der Waals surface area (Å²) in [5.74, 6) is 0.892. The lowest BCUT2D eigenvalue weighted by Gasteiger charge is -2.17. The third-order valence-corrected chi connectivity index (χ3v) is 3.18. The Labute approximate surface area is 114 Å². The predicted octanol–water partition coefficient (Wildman–Crippen LogP) is 3.33. The third kappa shape index (κ3) is 3.80. The molecule has 3 heteroatoms. The number of aromatic nitrogens is 1. The van der Waals surface area contributed by atoms with Crippen molar-refractivity contribution in [2.24, 2.45) is 0 Å². The summed E-state index contributed by atoms with van der Waals surface area (Å²) in [6.45, 7) is 2.96. The zero-order chi connectivity index (χ0) is 13.5. The molecule has 0 saturated carbocycles. The van der Waals surface area contributed by atoms with Gasteiger partial charge in [0.25, 0.3) is 0 Å². The number of nitrogens with zero attached hydrogens (tertiary/aromatic N) is 1. The van der Waals surface area contributed by atoms with Gasteiger partial charge in [0.2, 0.25) is 0 Å². The molecule has 1 heterocycles. The van der Waals surface area contributed by atoms with Crippen LogP contribution in [0.3, 0.4) is 0 Å². The monoisotopic (exact) mass is 256 g/mol. The summed E-state index contributed by atoms with van der Waals surface area (Å²) in [6.07, 6.45) is 2.87. The molecule has 0 saturated heterocycles. The van der Waals surface area contributed by atoms with Crippen LogP contribution in [0.4, 0.5) is 0 Å². The number of rotatable bonds is 6. The molecular formula is C16H20N2O. The molecule has 0 radical (unpaired) electrons. The van der Waals surface area contributed by atoms with Crippen LogP contribution >= 0.6 is 0 Å². The summed E-state index contributed by atoms with van der Waals surface area (Å²) >= 11 is 0. The minimum Gasteiger partial charge on any atom is -0.497 e. The van der Waals surface area contributed by atoms with E-state index in [1.54, 1.807) is 7.11 Å². The highest BCUT2D eigenvalue weighted by Gasteiger charge is 2.08. The van der Waals surface area contributed by atoms with Gasteiger partial charge in [0.1, 0.15) is 5.75 Å². The van der Waals surface area contributed by atoms with E-state index < -0.39 is 0 Å². The SMILES string of the molecule is CCC(NCc1ccccn1)c1ccc(OC)cc1. The van der Waals surface area contributed by atoms with Crippen molar-refractivity contribution in [3.05, 3.63) is 59.9 Å². The van der Waals surface area contributed by atoms with Gasteiger partial charge in [-0.3, -0.25) is 4.98 Å². The van der Waals surface area contributed by atoms with Crippen molar-refractivity contribution < 1.29 is 4.74 Å². The maximum Gasteiger partial charge on any atom is 0.118 e. The number of benzene rings is 1. The number of hydrogen-bond donors (Lipinski definition) is 1. The summed E-state index contributed by atoms with van der Waals surface area (Å²) < 4.78 is 5.18. The van der Waals surface area contributed by atoms with E-state index in [1.807, 2.05) is 36.5 Å². The van der Waals surface area contributed by atoms with E-state index in [9.17, 15) is 0 Å². The van der Waals surface area contributed by atoms with Crippen LogP contribution in [0.15, 0.2) is 48.7 Å². The lowest BCUT2D eigenvalue weighted by molar-refractivity contribution is 0.414. The second-order valence-electron chi connectivity index (χ2n) is 4.44. The number of hydrogen-bond acceptors (Lipinski definition) is 3. The van der Waals surface area contributed by atoms with Crippen molar-refractivity contribution in [3.8, 4) is 5.75 Å². The number of methoxy groups -OCH3 is 1. The molecule has 0 aliphatic carbocycles. The Morgan fingerprint density at radius 3 is 2.53 bits per heavy atom. The fraction of sp³-hybridized carbons (Fsp3) is 0.312. The van der Waals surface area contributed by atoms with Crippen LogP contribution in [-0.2, 0) is 6.54 Å². The molecule has 1 aromatic carbocycles. The second kappa shape index (κ2) is 6.90. The summed E-state index contributed by atoms with van der Waals surface area (Å²) in [6, 6.07) is 14.5. The molecule has 19 heavy (non-hydrogen) atoms. The molecule has 0 fully saturated rings. The Balaban J connectivity index is 1.99. The van der Waals surface area contributed by atoms with Crippen LogP contribution in [0.25, 0.3) is 0 Å². The van der Waals surface area contributed by atoms with Gasteiger partial charge in [0.05, 0.1) is 12.8 Å². The van der Waals surface area contributed by atoms with Crippen molar-refractivity contribution in [3.63, 3.8) is 0 Å². The van der Waals surface area contributed by atoms with E-state index in [0.717, 1.165) is 24.4 Å². The second-order valence-corrected chi connectivity index (χ2v) is 4.44. The maximum atomic E-state index is 5.18. The topological polar surface area (TPSA) is 34.2 Å². The molecule has 1 atom stereocenters. The van der Waals surface area contributed by atoms with Crippen molar-refractivity contribution in [2.45, 2.75) is 25.9 Å². The van der Waals surface area contributed by atoms with Gasteiger partial charge in [-0.05, 0) is 36.2 Å². The van der Waals surface area contributed by atoms with Gasteiger partial charge in [-0.15, -0.1) is 0 Å². The fourth-order valence-corrected chi connectivity index (χ4v) is 2.06. The quantitative estimate of drug-likeness (QED) is 0.860. The zero-order valence-corrected chi connectivity index (χ0v) is 11.5. The van der Waals surface area contributed by atoms with Crippen molar-refractivity contribution in [1.29, 1.82) is 0 Å². The van der Waals surface area contributed by atoms with E-state index >= 15 is 0 Å². The van der Waals surface area contributed by atoms with E-state index in [-0.39, 0.29) is 0 Å². The lowest BCUT2D eigenvalue weighted by Crippen LogP contribution is -2.20. The van der Waals surface area contributed by atoms with Gasteiger partial charge < -0.3 is 10.1 Å². The van der Waals surface area contributed by atoms with Gasteiger partial charge in [-0.2, -0.15) is 0 Å². The Hall–Kier alpha value is -1.87. The predicted molar refractivity (Wildman–Crippen MR) is 77.1 cm³/mol. The van der Waals surface area contributed by atoms with E-state index in [1.165, 1.54) is 5.56 Å². The minimum absolute atomic E-state index is 0.341. The molecule has 1 unspecified atom stereocenters. The van der Waals surface area contributed by atoms with E-state index in [0.29, 0.717) is 6.04 Å². The summed E-state index contributed by atoms with van der Waals surface area (Å²) in [7, 11) is 1.69. The Morgan fingerprint density at radius 2 is 1.95 bits per heavy atom. The first kappa shape index (κ1) is 13.6. The molecule has 0 bridgehead atoms. The Kier molecular flexibility index (Phi) is 4.93. The van der Waals surface area contributed by atoms with Gasteiger partial charge in [-0.1, -0.05) is 25.1 Å². The van der Waals surface area contributed by atoms with Crippen molar-refractivity contribution in [1.82, 2.24) is 10.3 Å². The van der Waals surface area contributed by atoms with Crippen LogP contribution in [-0.4, -0.2) is 12.1 Å². The molecule has 0 spiro atoms. The molecule has 0 aliphatic heterocycles. The normalized spacial score (nSPS) is 12.1. The summed E-state index contributed by atoms with van der Waals surface area (Å²) in [4.78, 5) is 4.32. The van der Waals surface area contributed by atoms with Gasteiger partial charge in [0, 0.05) is 18.8 Å². The van der Waals surface area contributed by atoms with Crippen molar-refractivity contribution >= 4 is 0 Å². The average molecular weight is 256 g/mol. The van der Waals surface area contributed by atoms with E-state index in [2.05, 4.69) is 29.4 Å².